The number of hydrogen-bond acceptors (Lipinski definition) is 1. The lowest BCUT2D eigenvalue weighted by Crippen LogP contribution is -1.82. The molecule has 1 heterocycles. The van der Waals surface area contributed by atoms with Crippen LogP contribution in [-0.4, -0.2) is 4.98 Å². The van der Waals surface area contributed by atoms with Gasteiger partial charge in [0.15, 0.2) is 0 Å². The van der Waals surface area contributed by atoms with E-state index in [9.17, 15) is 0 Å². The van der Waals surface area contributed by atoms with Gasteiger partial charge in [0.25, 0.3) is 0 Å². The Labute approximate surface area is 72.5 Å². The van der Waals surface area contributed by atoms with Crippen molar-refractivity contribution in [2.45, 2.75) is 6.92 Å². The van der Waals surface area contributed by atoms with Gasteiger partial charge in [-0.3, -0.25) is 4.98 Å². The smallest absolute Gasteiger partial charge is 0.0698 e. The highest BCUT2D eigenvalue weighted by Crippen LogP contribution is 2.16. The maximum absolute atomic E-state index is 4.28. The van der Waals surface area contributed by atoms with E-state index in [1.54, 1.807) is 0 Å². The number of fused-ring (bicyclic) bond motifs is 1. The van der Waals surface area contributed by atoms with Gasteiger partial charge in [-0.25, -0.2) is 0 Å². The van der Waals surface area contributed by atoms with Crippen LogP contribution in [0.3, 0.4) is 0 Å². The summed E-state index contributed by atoms with van der Waals surface area (Å²) in [5.41, 5.74) is 2.27. The predicted octanol–water partition coefficient (Wildman–Crippen LogP) is 2.76. The highest BCUT2D eigenvalue weighted by atomic mass is 14.7. The fourth-order valence-electron chi connectivity index (χ4n) is 1.27. The molecule has 0 saturated carbocycles. The third kappa shape index (κ3) is 1.30. The van der Waals surface area contributed by atoms with Crippen LogP contribution < -0.4 is 0 Å². The van der Waals surface area contributed by atoms with Crippen LogP contribution in [0.25, 0.3) is 12.2 Å². The van der Waals surface area contributed by atoms with Gasteiger partial charge >= 0.3 is 0 Å². The van der Waals surface area contributed by atoms with Crippen LogP contribution in [0.5, 0.6) is 0 Å². The molecule has 0 spiro atoms. The Morgan fingerprint density at radius 1 is 1.25 bits per heavy atom. The van der Waals surface area contributed by atoms with E-state index < -0.39 is 0 Å². The molecule has 0 aliphatic heterocycles. The van der Waals surface area contributed by atoms with Crippen LogP contribution in [0.2, 0.25) is 0 Å². The summed E-state index contributed by atoms with van der Waals surface area (Å²) in [6.45, 7) is 2.17. The van der Waals surface area contributed by atoms with E-state index in [1.807, 2.05) is 12.3 Å². The Bertz CT molecular complexity index is 304. The van der Waals surface area contributed by atoms with Gasteiger partial charge in [-0.1, -0.05) is 31.2 Å². The predicted molar refractivity (Wildman–Crippen MR) is 51.5 cm³/mol. The zero-order chi connectivity index (χ0) is 8.39. The normalized spacial score (nSPS) is 20.2. The fourth-order valence-corrected chi connectivity index (χ4v) is 1.27. The van der Waals surface area contributed by atoms with Gasteiger partial charge in [-0.15, -0.1) is 0 Å². The standard InChI is InChI=1S/C11H11N/c1-9-4-6-10-3-2-8-12-11(10)7-5-9/h2-9H,1H3/t9-/m1/s1. The van der Waals surface area contributed by atoms with Crippen molar-refractivity contribution >= 4 is 12.2 Å². The average Bonchev–Trinajstić information content (AvgIpc) is 2.29. The summed E-state index contributed by atoms with van der Waals surface area (Å²) in [4.78, 5) is 4.28. The molecule has 60 valence electrons. The average molecular weight is 157 g/mol. The molecule has 1 atom stereocenters. The summed E-state index contributed by atoms with van der Waals surface area (Å²) in [6, 6.07) is 4.05. The highest BCUT2D eigenvalue weighted by molar-refractivity contribution is 5.64. The minimum absolute atomic E-state index is 0.513. The molecular formula is C11H11N. The second kappa shape index (κ2) is 2.94. The van der Waals surface area contributed by atoms with Crippen LogP contribution in [0.4, 0.5) is 0 Å². The molecule has 0 N–H and O–H groups in total. The maximum atomic E-state index is 4.28. The van der Waals surface area contributed by atoms with Gasteiger partial charge in [-0.05, 0) is 23.6 Å². The molecule has 1 aromatic heterocycles. The first-order valence-electron chi connectivity index (χ1n) is 4.18. The van der Waals surface area contributed by atoms with Gasteiger partial charge in [0.1, 0.15) is 0 Å². The number of pyridine rings is 1. The van der Waals surface area contributed by atoms with E-state index in [4.69, 9.17) is 0 Å². The third-order valence-corrected chi connectivity index (χ3v) is 2.01. The maximum Gasteiger partial charge on any atom is 0.0698 e. The first kappa shape index (κ1) is 7.29. The van der Waals surface area contributed by atoms with Crippen molar-refractivity contribution in [1.82, 2.24) is 4.98 Å². The zero-order valence-corrected chi connectivity index (χ0v) is 7.07. The molecule has 1 aliphatic rings. The molecule has 1 nitrogen and oxygen atoms in total. The number of allylic oxidation sites excluding steroid dienone is 2. The zero-order valence-electron chi connectivity index (χ0n) is 7.07. The van der Waals surface area contributed by atoms with Crippen molar-refractivity contribution < 1.29 is 0 Å². The summed E-state index contributed by atoms with van der Waals surface area (Å²) < 4.78 is 0. The Balaban J connectivity index is 2.52. The topological polar surface area (TPSA) is 12.9 Å². The molecule has 0 fully saturated rings. The summed E-state index contributed by atoms with van der Waals surface area (Å²) in [7, 11) is 0. The Morgan fingerprint density at radius 3 is 3.00 bits per heavy atom. The first-order chi connectivity index (χ1) is 5.86. The van der Waals surface area contributed by atoms with Crippen LogP contribution in [0.1, 0.15) is 18.2 Å². The van der Waals surface area contributed by atoms with Gasteiger partial charge in [0.2, 0.25) is 0 Å². The third-order valence-electron chi connectivity index (χ3n) is 2.01. The van der Waals surface area contributed by atoms with Gasteiger partial charge in [-0.2, -0.15) is 0 Å². The molecule has 1 heteroatoms. The molecule has 0 saturated heterocycles. The fraction of sp³-hybridized carbons (Fsp3) is 0.182. The second-order valence-electron chi connectivity index (χ2n) is 3.06. The Kier molecular flexibility index (Phi) is 1.78. The molecule has 0 radical (unpaired) electrons. The van der Waals surface area contributed by atoms with E-state index in [1.165, 1.54) is 5.56 Å². The summed E-state index contributed by atoms with van der Waals surface area (Å²) >= 11 is 0. The Hall–Kier alpha value is -1.37. The van der Waals surface area contributed by atoms with E-state index in [0.717, 1.165) is 5.69 Å². The number of rotatable bonds is 0. The van der Waals surface area contributed by atoms with Crippen LogP contribution in [-0.2, 0) is 0 Å². The lowest BCUT2D eigenvalue weighted by Gasteiger charge is -1.95. The van der Waals surface area contributed by atoms with E-state index in [-0.39, 0.29) is 0 Å². The number of aromatic nitrogens is 1. The molecule has 0 amide bonds. The SMILES string of the molecule is C[C@@H]1C=Cc2cccnc2C=C1. The lowest BCUT2D eigenvalue weighted by atomic mass is 10.1. The van der Waals surface area contributed by atoms with Crippen molar-refractivity contribution in [2.75, 3.05) is 0 Å². The molecule has 1 aliphatic carbocycles. The minimum Gasteiger partial charge on any atom is -0.256 e. The van der Waals surface area contributed by atoms with Crippen molar-refractivity contribution in [2.24, 2.45) is 5.92 Å². The van der Waals surface area contributed by atoms with Crippen molar-refractivity contribution in [1.29, 1.82) is 0 Å². The van der Waals surface area contributed by atoms with Gasteiger partial charge in [0.05, 0.1) is 5.69 Å². The van der Waals surface area contributed by atoms with Crippen molar-refractivity contribution in [3.63, 3.8) is 0 Å². The lowest BCUT2D eigenvalue weighted by molar-refractivity contribution is 0.953. The quantitative estimate of drug-likeness (QED) is 0.564. The Morgan fingerprint density at radius 2 is 2.08 bits per heavy atom. The summed E-state index contributed by atoms with van der Waals surface area (Å²) in [6.07, 6.45) is 10.4. The van der Waals surface area contributed by atoms with Gasteiger partial charge < -0.3 is 0 Å². The van der Waals surface area contributed by atoms with Crippen molar-refractivity contribution in [3.8, 4) is 0 Å². The molecule has 1 aromatic rings. The first-order valence-corrected chi connectivity index (χ1v) is 4.18. The summed E-state index contributed by atoms with van der Waals surface area (Å²) in [5, 5.41) is 0. The van der Waals surface area contributed by atoms with Crippen LogP contribution in [0, 0.1) is 5.92 Å². The summed E-state index contributed by atoms with van der Waals surface area (Å²) in [5.74, 6) is 0.513. The highest BCUT2D eigenvalue weighted by Gasteiger charge is 2.00. The van der Waals surface area contributed by atoms with Gasteiger partial charge in [0, 0.05) is 6.20 Å². The molecule has 0 bridgehead atoms. The molecule has 2 rings (SSSR count). The molecular weight excluding hydrogens is 146 g/mol. The monoisotopic (exact) mass is 157 g/mol. The second-order valence-corrected chi connectivity index (χ2v) is 3.06. The van der Waals surface area contributed by atoms with Crippen LogP contribution >= 0.6 is 0 Å². The van der Waals surface area contributed by atoms with Crippen LogP contribution in [0.15, 0.2) is 30.5 Å². The molecule has 0 aromatic carbocycles. The van der Waals surface area contributed by atoms with E-state index >= 15 is 0 Å². The molecule has 0 unspecified atom stereocenters. The largest absolute Gasteiger partial charge is 0.256 e. The van der Waals surface area contributed by atoms with Crippen molar-refractivity contribution in [3.05, 3.63) is 41.7 Å². The van der Waals surface area contributed by atoms with E-state index in [2.05, 4.69) is 42.3 Å². The minimum atomic E-state index is 0.513. The molecule has 12 heavy (non-hydrogen) atoms. The number of hydrogen-bond donors (Lipinski definition) is 0. The number of nitrogens with zero attached hydrogens (tertiary/aromatic N) is 1. The van der Waals surface area contributed by atoms with E-state index in [0.29, 0.717) is 5.92 Å².